The Balaban J connectivity index is 2.29. The fourth-order valence-electron chi connectivity index (χ4n) is 1.55. The van der Waals surface area contributed by atoms with Gasteiger partial charge in [-0.25, -0.2) is 0 Å². The van der Waals surface area contributed by atoms with Crippen LogP contribution in [0.1, 0.15) is 24.7 Å². The zero-order valence-corrected chi connectivity index (χ0v) is 12.6. The molecule has 0 aliphatic heterocycles. The first-order chi connectivity index (χ1) is 9.11. The molecule has 4 nitrogen and oxygen atoms in total. The van der Waals surface area contributed by atoms with Gasteiger partial charge in [0, 0.05) is 6.42 Å². The van der Waals surface area contributed by atoms with E-state index >= 15 is 0 Å². The van der Waals surface area contributed by atoms with E-state index in [2.05, 4.69) is 22.2 Å². The van der Waals surface area contributed by atoms with Gasteiger partial charge in [-0.05, 0) is 36.3 Å². The van der Waals surface area contributed by atoms with Crippen molar-refractivity contribution in [3.05, 3.63) is 44.4 Å². The topological polar surface area (TPSA) is 46.0 Å². The second kappa shape index (κ2) is 6.32. The summed E-state index contributed by atoms with van der Waals surface area (Å²) in [6, 6.07) is 5.31. The minimum atomic E-state index is 0.472. The highest BCUT2D eigenvalue weighted by atomic mass is 35.5. The number of aromatic amines is 1. The molecule has 0 aliphatic rings. The fourth-order valence-corrected chi connectivity index (χ4v) is 2.05. The first kappa shape index (κ1) is 14.2. The summed E-state index contributed by atoms with van der Waals surface area (Å²) in [5, 5.41) is 12.2. The number of rotatable bonds is 4. The second-order valence-corrected chi connectivity index (χ2v) is 5.13. The molecule has 100 valence electrons. The molecule has 7 heteroatoms. The predicted octanol–water partition coefficient (Wildman–Crippen LogP) is 4.08. The molecule has 0 amide bonds. The van der Waals surface area contributed by atoms with Gasteiger partial charge in [0.25, 0.3) is 0 Å². The maximum Gasteiger partial charge on any atom is 0.216 e. The van der Waals surface area contributed by atoms with Crippen molar-refractivity contribution in [2.24, 2.45) is 5.10 Å². The molecule has 2 aromatic rings. The maximum absolute atomic E-state index is 5.95. The Morgan fingerprint density at radius 2 is 2.21 bits per heavy atom. The molecular formula is C12H12Cl2N4S. The van der Waals surface area contributed by atoms with Crippen LogP contribution in [-0.2, 0) is 6.42 Å². The van der Waals surface area contributed by atoms with E-state index in [1.807, 2.05) is 6.07 Å². The van der Waals surface area contributed by atoms with Crippen molar-refractivity contribution in [1.29, 1.82) is 0 Å². The highest BCUT2D eigenvalue weighted by molar-refractivity contribution is 7.71. The molecule has 19 heavy (non-hydrogen) atoms. The lowest BCUT2D eigenvalue weighted by Crippen LogP contribution is -1.98. The predicted molar refractivity (Wildman–Crippen MR) is 80.9 cm³/mol. The molecule has 2 rings (SSSR count). The molecule has 0 radical (unpaired) electrons. The van der Waals surface area contributed by atoms with Crippen molar-refractivity contribution in [3.8, 4) is 0 Å². The number of hydrogen-bond donors (Lipinski definition) is 1. The molecule has 0 unspecified atom stereocenters. The second-order valence-electron chi connectivity index (χ2n) is 3.92. The van der Waals surface area contributed by atoms with E-state index in [9.17, 15) is 0 Å². The highest BCUT2D eigenvalue weighted by Crippen LogP contribution is 2.21. The van der Waals surface area contributed by atoms with Gasteiger partial charge in [-0.2, -0.15) is 14.9 Å². The van der Waals surface area contributed by atoms with Gasteiger partial charge in [-0.15, -0.1) is 0 Å². The monoisotopic (exact) mass is 314 g/mol. The number of aryl methyl sites for hydroxylation is 1. The van der Waals surface area contributed by atoms with E-state index in [1.165, 1.54) is 0 Å². The maximum atomic E-state index is 5.95. The lowest BCUT2D eigenvalue weighted by atomic mass is 10.2. The standard InChI is InChI=1S/C12H12Cl2N4S/c1-2-3-11-16-17-12(19)18(11)15-7-8-4-5-9(13)10(14)6-8/h4-7H,2-3H2,1H3,(H,17,19)/b15-7+. The van der Waals surface area contributed by atoms with Gasteiger partial charge in [0.15, 0.2) is 5.82 Å². The summed E-state index contributed by atoms with van der Waals surface area (Å²) in [5.74, 6) is 0.809. The molecule has 0 atom stereocenters. The molecule has 0 spiro atoms. The molecule has 0 saturated carbocycles. The fraction of sp³-hybridized carbons (Fsp3) is 0.250. The zero-order valence-electron chi connectivity index (χ0n) is 10.2. The summed E-state index contributed by atoms with van der Waals surface area (Å²) in [7, 11) is 0. The quantitative estimate of drug-likeness (QED) is 0.682. The largest absolute Gasteiger partial charge is 0.250 e. The Labute approximate surface area is 126 Å². The third kappa shape index (κ3) is 3.43. The van der Waals surface area contributed by atoms with Crippen LogP contribution < -0.4 is 0 Å². The first-order valence-electron chi connectivity index (χ1n) is 5.77. The molecule has 0 saturated heterocycles. The molecule has 0 aliphatic carbocycles. The summed E-state index contributed by atoms with van der Waals surface area (Å²) < 4.78 is 2.08. The summed E-state index contributed by atoms with van der Waals surface area (Å²) in [6.45, 7) is 2.07. The first-order valence-corrected chi connectivity index (χ1v) is 6.94. The lowest BCUT2D eigenvalue weighted by molar-refractivity contribution is 0.740. The van der Waals surface area contributed by atoms with Crippen LogP contribution in [0.2, 0.25) is 10.0 Å². The minimum Gasteiger partial charge on any atom is -0.250 e. The van der Waals surface area contributed by atoms with Gasteiger partial charge in [-0.1, -0.05) is 36.2 Å². The van der Waals surface area contributed by atoms with Gasteiger partial charge < -0.3 is 0 Å². The van der Waals surface area contributed by atoms with E-state index in [-0.39, 0.29) is 0 Å². The Morgan fingerprint density at radius 3 is 2.89 bits per heavy atom. The number of H-pyrrole nitrogens is 1. The lowest BCUT2D eigenvalue weighted by Gasteiger charge is -1.99. The number of aromatic nitrogens is 3. The van der Waals surface area contributed by atoms with E-state index in [0.29, 0.717) is 14.8 Å². The van der Waals surface area contributed by atoms with Crippen molar-refractivity contribution in [3.63, 3.8) is 0 Å². The van der Waals surface area contributed by atoms with Gasteiger partial charge in [0.05, 0.1) is 16.3 Å². The van der Waals surface area contributed by atoms with Crippen LogP contribution >= 0.6 is 35.4 Å². The molecule has 1 aromatic carbocycles. The number of hydrogen-bond acceptors (Lipinski definition) is 3. The third-order valence-corrected chi connectivity index (χ3v) is 3.46. The van der Waals surface area contributed by atoms with Crippen LogP contribution in [0.25, 0.3) is 0 Å². The van der Waals surface area contributed by atoms with Crippen LogP contribution in [0.15, 0.2) is 23.3 Å². The molecular weight excluding hydrogens is 303 g/mol. The number of benzene rings is 1. The van der Waals surface area contributed by atoms with Crippen molar-refractivity contribution in [2.45, 2.75) is 19.8 Å². The van der Waals surface area contributed by atoms with Crippen LogP contribution in [0.3, 0.4) is 0 Å². The summed E-state index contributed by atoms with van der Waals surface area (Å²) in [4.78, 5) is 0. The van der Waals surface area contributed by atoms with Gasteiger partial charge in [0.2, 0.25) is 4.77 Å². The van der Waals surface area contributed by atoms with Crippen LogP contribution in [0, 0.1) is 4.77 Å². The average Bonchev–Trinajstić information content (AvgIpc) is 2.73. The van der Waals surface area contributed by atoms with Crippen LogP contribution in [-0.4, -0.2) is 21.1 Å². The van der Waals surface area contributed by atoms with E-state index in [0.717, 1.165) is 24.2 Å². The van der Waals surface area contributed by atoms with Crippen LogP contribution in [0.4, 0.5) is 0 Å². The number of nitrogens with one attached hydrogen (secondary N) is 1. The Morgan fingerprint density at radius 1 is 1.42 bits per heavy atom. The van der Waals surface area contributed by atoms with E-state index in [4.69, 9.17) is 35.4 Å². The van der Waals surface area contributed by atoms with Crippen molar-refractivity contribution >= 4 is 41.6 Å². The molecule has 0 fully saturated rings. The normalized spacial score (nSPS) is 11.3. The molecule has 1 N–H and O–H groups in total. The minimum absolute atomic E-state index is 0.472. The smallest absolute Gasteiger partial charge is 0.216 e. The Hall–Kier alpha value is -1.17. The van der Waals surface area contributed by atoms with Gasteiger partial charge in [-0.3, -0.25) is 5.10 Å². The van der Waals surface area contributed by atoms with Crippen molar-refractivity contribution < 1.29 is 0 Å². The Kier molecular flexibility index (Phi) is 4.74. The van der Waals surface area contributed by atoms with Crippen LogP contribution in [0.5, 0.6) is 0 Å². The molecule has 1 heterocycles. The summed E-state index contributed by atoms with van der Waals surface area (Å²) >= 11 is 16.9. The van der Waals surface area contributed by atoms with Crippen molar-refractivity contribution in [2.75, 3.05) is 0 Å². The number of halogens is 2. The SMILES string of the molecule is CCCc1n[nH]c(=S)n1/N=C/c1ccc(Cl)c(Cl)c1. The van der Waals surface area contributed by atoms with E-state index in [1.54, 1.807) is 23.0 Å². The Bertz CT molecular complexity index is 660. The van der Waals surface area contributed by atoms with E-state index < -0.39 is 0 Å². The average molecular weight is 315 g/mol. The molecule has 0 bridgehead atoms. The summed E-state index contributed by atoms with van der Waals surface area (Å²) in [6.07, 6.45) is 3.46. The van der Waals surface area contributed by atoms with Crippen molar-refractivity contribution in [1.82, 2.24) is 14.9 Å². The summed E-state index contributed by atoms with van der Waals surface area (Å²) in [5.41, 5.74) is 0.847. The van der Waals surface area contributed by atoms with Gasteiger partial charge in [0.1, 0.15) is 0 Å². The number of nitrogens with zero attached hydrogens (tertiary/aromatic N) is 3. The van der Waals surface area contributed by atoms with Gasteiger partial charge >= 0.3 is 0 Å². The zero-order chi connectivity index (χ0) is 13.8. The highest BCUT2D eigenvalue weighted by Gasteiger charge is 2.03. The third-order valence-electron chi connectivity index (χ3n) is 2.46. The molecule has 1 aromatic heterocycles.